The molecule has 0 heterocycles. The first-order valence-electron chi connectivity index (χ1n) is 10.4. The standard InChI is InChI=1S/C27H20I4O3/c28-21-9-22(29)12-26(11-21)33-16-19-6-20(17-34-27-13-23(30)10-24(31)14-27)8-25(7-19)32-15-18-4-2-1-3-5-18/h1-14H,15-17H2. The molecular weight excluding hydrogens is 880 g/mol. The van der Waals surface area contributed by atoms with Gasteiger partial charge in [-0.3, -0.25) is 0 Å². The molecule has 0 fully saturated rings. The third kappa shape index (κ3) is 8.40. The Hall–Kier alpha value is -0.800. The van der Waals surface area contributed by atoms with Crippen LogP contribution in [0, 0.1) is 14.3 Å². The summed E-state index contributed by atoms with van der Waals surface area (Å²) < 4.78 is 23.0. The summed E-state index contributed by atoms with van der Waals surface area (Å²) in [6, 6.07) is 28.8. The number of hydrogen-bond acceptors (Lipinski definition) is 3. The quantitative estimate of drug-likeness (QED) is 0.157. The van der Waals surface area contributed by atoms with Crippen molar-refractivity contribution in [3.8, 4) is 17.2 Å². The minimum absolute atomic E-state index is 0.451. The minimum atomic E-state index is 0.451. The van der Waals surface area contributed by atoms with Gasteiger partial charge in [-0.1, -0.05) is 30.3 Å². The molecule has 0 saturated heterocycles. The molecule has 0 spiro atoms. The van der Waals surface area contributed by atoms with Crippen LogP contribution in [-0.2, 0) is 19.8 Å². The van der Waals surface area contributed by atoms with Crippen LogP contribution < -0.4 is 14.2 Å². The molecule has 4 rings (SSSR count). The van der Waals surface area contributed by atoms with Crippen molar-refractivity contribution in [3.05, 3.63) is 116 Å². The molecule has 0 atom stereocenters. The van der Waals surface area contributed by atoms with E-state index in [4.69, 9.17) is 14.2 Å². The Kier molecular flexibility index (Phi) is 10.0. The first-order chi connectivity index (χ1) is 16.4. The van der Waals surface area contributed by atoms with E-state index < -0.39 is 0 Å². The van der Waals surface area contributed by atoms with Gasteiger partial charge in [0.1, 0.15) is 37.1 Å². The number of ether oxygens (including phenoxy) is 3. The van der Waals surface area contributed by atoms with Crippen molar-refractivity contribution in [2.75, 3.05) is 0 Å². The average molecular weight is 900 g/mol. The normalized spacial score (nSPS) is 10.7. The van der Waals surface area contributed by atoms with Gasteiger partial charge in [0.2, 0.25) is 0 Å². The molecule has 0 bridgehead atoms. The van der Waals surface area contributed by atoms with Crippen LogP contribution in [0.15, 0.2) is 84.9 Å². The van der Waals surface area contributed by atoms with Gasteiger partial charge in [-0.15, -0.1) is 0 Å². The lowest BCUT2D eigenvalue weighted by Crippen LogP contribution is -2.03. The number of halogens is 4. The highest BCUT2D eigenvalue weighted by atomic mass is 127. The Morgan fingerprint density at radius 2 is 0.794 bits per heavy atom. The van der Waals surface area contributed by atoms with Crippen molar-refractivity contribution in [1.29, 1.82) is 0 Å². The van der Waals surface area contributed by atoms with E-state index in [1.807, 2.05) is 54.6 Å². The van der Waals surface area contributed by atoms with Crippen molar-refractivity contribution in [2.45, 2.75) is 19.8 Å². The summed E-state index contributed by atoms with van der Waals surface area (Å²) >= 11 is 9.24. The Bertz CT molecular complexity index is 1150. The third-order valence-corrected chi connectivity index (χ3v) is 7.25. The number of hydrogen-bond donors (Lipinski definition) is 0. The molecule has 0 unspecified atom stereocenters. The first-order valence-corrected chi connectivity index (χ1v) is 14.7. The van der Waals surface area contributed by atoms with Crippen molar-refractivity contribution in [3.63, 3.8) is 0 Å². The van der Waals surface area contributed by atoms with E-state index in [0.29, 0.717) is 19.8 Å². The SMILES string of the molecule is Ic1cc(I)cc(OCc2cc(COc3cc(I)cc(I)c3)cc(OCc3ccccc3)c2)c1. The van der Waals surface area contributed by atoms with Crippen LogP contribution >= 0.6 is 90.4 Å². The molecule has 0 aliphatic rings. The molecule has 7 heteroatoms. The van der Waals surface area contributed by atoms with Crippen molar-refractivity contribution in [1.82, 2.24) is 0 Å². The smallest absolute Gasteiger partial charge is 0.121 e. The summed E-state index contributed by atoms with van der Waals surface area (Å²) in [5, 5.41) is 0. The van der Waals surface area contributed by atoms with Crippen LogP contribution in [0.1, 0.15) is 16.7 Å². The van der Waals surface area contributed by atoms with Crippen LogP contribution in [-0.4, -0.2) is 0 Å². The Morgan fingerprint density at radius 3 is 1.24 bits per heavy atom. The number of rotatable bonds is 9. The lowest BCUT2D eigenvalue weighted by Gasteiger charge is -2.14. The minimum Gasteiger partial charge on any atom is -0.489 e. The zero-order chi connectivity index (χ0) is 23.9. The van der Waals surface area contributed by atoms with Crippen LogP contribution in [0.2, 0.25) is 0 Å². The zero-order valence-electron chi connectivity index (χ0n) is 17.9. The monoisotopic (exact) mass is 900 g/mol. The highest BCUT2D eigenvalue weighted by molar-refractivity contribution is 14.1. The van der Waals surface area contributed by atoms with Gasteiger partial charge >= 0.3 is 0 Å². The molecule has 0 aromatic heterocycles. The maximum atomic E-state index is 6.14. The van der Waals surface area contributed by atoms with Gasteiger partial charge in [-0.25, -0.2) is 0 Å². The van der Waals surface area contributed by atoms with Crippen LogP contribution in [0.4, 0.5) is 0 Å². The van der Waals surface area contributed by atoms with Crippen molar-refractivity contribution < 1.29 is 14.2 Å². The van der Waals surface area contributed by atoms with Crippen molar-refractivity contribution in [2.24, 2.45) is 0 Å². The summed E-state index contributed by atoms with van der Waals surface area (Å²) in [5.41, 5.74) is 3.20. The molecular formula is C27H20I4O3. The second kappa shape index (κ2) is 12.9. The molecule has 4 aromatic rings. The maximum Gasteiger partial charge on any atom is 0.121 e. The topological polar surface area (TPSA) is 27.7 Å². The summed E-state index contributed by atoms with van der Waals surface area (Å²) in [7, 11) is 0. The van der Waals surface area contributed by atoms with Crippen LogP contribution in [0.25, 0.3) is 0 Å². The Morgan fingerprint density at radius 1 is 0.412 bits per heavy atom. The molecule has 0 radical (unpaired) electrons. The molecule has 0 N–H and O–H groups in total. The highest BCUT2D eigenvalue weighted by Gasteiger charge is 2.07. The second-order valence-corrected chi connectivity index (χ2v) is 12.5. The highest BCUT2D eigenvalue weighted by Crippen LogP contribution is 2.25. The Balaban J connectivity index is 1.52. The molecule has 0 aliphatic carbocycles. The molecule has 174 valence electrons. The van der Waals surface area contributed by atoms with Gasteiger partial charge in [-0.05, 0) is 162 Å². The molecule has 0 aliphatic heterocycles. The fourth-order valence-electron chi connectivity index (χ4n) is 3.28. The van der Waals surface area contributed by atoms with E-state index in [9.17, 15) is 0 Å². The predicted molar refractivity (Wildman–Crippen MR) is 170 cm³/mol. The van der Waals surface area contributed by atoms with E-state index in [1.54, 1.807) is 0 Å². The predicted octanol–water partition coefficient (Wildman–Crippen LogP) is 8.84. The summed E-state index contributed by atoms with van der Waals surface area (Å²) in [6.45, 7) is 1.41. The van der Waals surface area contributed by atoms with Crippen LogP contribution in [0.3, 0.4) is 0 Å². The Labute approximate surface area is 254 Å². The van der Waals surface area contributed by atoms with E-state index in [0.717, 1.165) is 48.2 Å². The summed E-state index contributed by atoms with van der Waals surface area (Å²) in [6.07, 6.45) is 0. The van der Waals surface area contributed by atoms with Crippen LogP contribution in [0.5, 0.6) is 17.2 Å². The van der Waals surface area contributed by atoms with E-state index in [-0.39, 0.29) is 0 Å². The lowest BCUT2D eigenvalue weighted by molar-refractivity contribution is 0.288. The maximum absolute atomic E-state index is 6.14. The largest absolute Gasteiger partial charge is 0.489 e. The number of benzene rings is 4. The van der Waals surface area contributed by atoms with E-state index in [1.165, 1.54) is 0 Å². The second-order valence-electron chi connectivity index (χ2n) is 7.55. The van der Waals surface area contributed by atoms with Gasteiger partial charge < -0.3 is 14.2 Å². The van der Waals surface area contributed by atoms with Gasteiger partial charge in [0.15, 0.2) is 0 Å². The molecule has 0 saturated carbocycles. The van der Waals surface area contributed by atoms with Gasteiger partial charge in [0, 0.05) is 14.3 Å². The third-order valence-electron chi connectivity index (χ3n) is 4.76. The lowest BCUT2D eigenvalue weighted by atomic mass is 10.1. The fraction of sp³-hybridized carbons (Fsp3) is 0.111. The molecule has 4 aromatic carbocycles. The van der Waals surface area contributed by atoms with Crippen molar-refractivity contribution >= 4 is 90.4 Å². The molecule has 34 heavy (non-hydrogen) atoms. The van der Waals surface area contributed by atoms with E-state index in [2.05, 4.69) is 121 Å². The van der Waals surface area contributed by atoms with Gasteiger partial charge in [0.25, 0.3) is 0 Å². The summed E-state index contributed by atoms with van der Waals surface area (Å²) in [4.78, 5) is 0. The van der Waals surface area contributed by atoms with Gasteiger partial charge in [0.05, 0.1) is 0 Å². The summed E-state index contributed by atoms with van der Waals surface area (Å²) in [5.74, 6) is 2.52. The first kappa shape index (κ1) is 26.3. The van der Waals surface area contributed by atoms with Gasteiger partial charge in [-0.2, -0.15) is 0 Å². The molecule has 3 nitrogen and oxygen atoms in total. The van der Waals surface area contributed by atoms with E-state index >= 15 is 0 Å². The zero-order valence-corrected chi connectivity index (χ0v) is 26.6. The average Bonchev–Trinajstić information content (AvgIpc) is 2.80. The molecule has 0 amide bonds. The fourth-order valence-corrected chi connectivity index (χ4v) is 7.04.